The van der Waals surface area contributed by atoms with Gasteiger partial charge in [-0.15, -0.1) is 0 Å². The SMILES string of the molecule is O=C(COC1CCCCC1)NCCS(=O)(=O)NCc1ccccc1. The highest BCUT2D eigenvalue weighted by Gasteiger charge is 2.15. The van der Waals surface area contributed by atoms with Crippen LogP contribution in [-0.4, -0.2) is 39.3 Å². The second kappa shape index (κ2) is 9.76. The molecule has 1 saturated carbocycles. The Morgan fingerprint density at radius 2 is 1.83 bits per heavy atom. The van der Waals surface area contributed by atoms with Gasteiger partial charge in [-0.2, -0.15) is 0 Å². The van der Waals surface area contributed by atoms with Gasteiger partial charge in [0.25, 0.3) is 0 Å². The zero-order valence-corrected chi connectivity index (χ0v) is 14.7. The molecule has 0 bridgehead atoms. The van der Waals surface area contributed by atoms with Gasteiger partial charge in [0.1, 0.15) is 6.61 Å². The number of hydrogen-bond donors (Lipinski definition) is 2. The van der Waals surface area contributed by atoms with E-state index in [0.717, 1.165) is 31.2 Å². The summed E-state index contributed by atoms with van der Waals surface area (Å²) in [5.41, 5.74) is 0.894. The fraction of sp³-hybridized carbons (Fsp3) is 0.588. The molecule has 7 heteroatoms. The van der Waals surface area contributed by atoms with E-state index < -0.39 is 10.0 Å². The quantitative estimate of drug-likeness (QED) is 0.705. The van der Waals surface area contributed by atoms with Crippen molar-refractivity contribution in [3.8, 4) is 0 Å². The van der Waals surface area contributed by atoms with Crippen LogP contribution in [-0.2, 0) is 26.1 Å². The van der Waals surface area contributed by atoms with E-state index in [1.807, 2.05) is 30.3 Å². The summed E-state index contributed by atoms with van der Waals surface area (Å²) in [6.45, 7) is 0.334. The van der Waals surface area contributed by atoms with E-state index in [2.05, 4.69) is 10.0 Å². The number of carbonyl (C=O) groups is 1. The first-order valence-electron chi connectivity index (χ1n) is 8.45. The van der Waals surface area contributed by atoms with Crippen LogP contribution in [0.1, 0.15) is 37.7 Å². The number of sulfonamides is 1. The van der Waals surface area contributed by atoms with Gasteiger partial charge in [0.2, 0.25) is 15.9 Å². The normalized spacial score (nSPS) is 16.0. The summed E-state index contributed by atoms with van der Waals surface area (Å²) >= 11 is 0. The average Bonchev–Trinajstić information content (AvgIpc) is 2.60. The smallest absolute Gasteiger partial charge is 0.246 e. The van der Waals surface area contributed by atoms with Crippen molar-refractivity contribution in [1.82, 2.24) is 10.0 Å². The molecule has 2 rings (SSSR count). The molecule has 24 heavy (non-hydrogen) atoms. The Kier molecular flexibility index (Phi) is 7.68. The Balaban J connectivity index is 1.60. The molecule has 6 nitrogen and oxygen atoms in total. The average molecular weight is 354 g/mol. The molecule has 0 aliphatic heterocycles. The molecule has 1 aliphatic rings. The van der Waals surface area contributed by atoms with Crippen LogP contribution in [0.3, 0.4) is 0 Å². The second-order valence-electron chi connectivity index (χ2n) is 6.05. The molecule has 0 radical (unpaired) electrons. The third-order valence-corrected chi connectivity index (χ3v) is 5.36. The highest BCUT2D eigenvalue weighted by Crippen LogP contribution is 2.19. The molecule has 1 amide bonds. The van der Waals surface area contributed by atoms with Crippen LogP contribution in [0, 0.1) is 0 Å². The maximum Gasteiger partial charge on any atom is 0.246 e. The van der Waals surface area contributed by atoms with E-state index >= 15 is 0 Å². The lowest BCUT2D eigenvalue weighted by atomic mass is 9.98. The molecule has 1 fully saturated rings. The Morgan fingerprint density at radius 1 is 1.12 bits per heavy atom. The van der Waals surface area contributed by atoms with Gasteiger partial charge in [0.05, 0.1) is 11.9 Å². The molecular weight excluding hydrogens is 328 g/mol. The number of carbonyl (C=O) groups excluding carboxylic acids is 1. The summed E-state index contributed by atoms with van der Waals surface area (Å²) in [7, 11) is -3.42. The fourth-order valence-corrected chi connectivity index (χ4v) is 3.56. The standard InChI is InChI=1S/C17H26N2O4S/c20-17(14-23-16-9-5-2-6-10-16)18-11-12-24(21,22)19-13-15-7-3-1-4-8-15/h1,3-4,7-8,16,19H,2,5-6,9-14H2,(H,18,20). The lowest BCUT2D eigenvalue weighted by Crippen LogP contribution is -2.36. The summed E-state index contributed by atoms with van der Waals surface area (Å²) in [4.78, 5) is 11.7. The van der Waals surface area contributed by atoms with Gasteiger partial charge < -0.3 is 10.1 Å². The van der Waals surface area contributed by atoms with Crippen LogP contribution in [0.5, 0.6) is 0 Å². The van der Waals surface area contributed by atoms with E-state index in [1.165, 1.54) is 6.42 Å². The van der Waals surface area contributed by atoms with Crippen molar-refractivity contribution in [1.29, 1.82) is 0 Å². The van der Waals surface area contributed by atoms with Crippen molar-refractivity contribution in [2.75, 3.05) is 18.9 Å². The largest absolute Gasteiger partial charge is 0.368 e. The number of ether oxygens (including phenoxy) is 1. The van der Waals surface area contributed by atoms with Crippen LogP contribution in [0.4, 0.5) is 0 Å². The van der Waals surface area contributed by atoms with E-state index in [0.29, 0.717) is 0 Å². The van der Waals surface area contributed by atoms with Gasteiger partial charge in [-0.3, -0.25) is 4.79 Å². The minimum atomic E-state index is -3.42. The van der Waals surface area contributed by atoms with E-state index in [-0.39, 0.29) is 37.5 Å². The van der Waals surface area contributed by atoms with E-state index in [4.69, 9.17) is 4.74 Å². The van der Waals surface area contributed by atoms with Gasteiger partial charge in [-0.25, -0.2) is 13.1 Å². The zero-order valence-electron chi connectivity index (χ0n) is 13.9. The van der Waals surface area contributed by atoms with Crippen LogP contribution in [0.15, 0.2) is 30.3 Å². The molecule has 1 aromatic rings. The molecule has 1 aliphatic carbocycles. The maximum atomic E-state index is 11.9. The fourth-order valence-electron chi connectivity index (χ4n) is 2.66. The molecule has 0 saturated heterocycles. The topological polar surface area (TPSA) is 84.5 Å². The van der Waals surface area contributed by atoms with E-state index in [9.17, 15) is 13.2 Å². The first-order valence-corrected chi connectivity index (χ1v) is 10.1. The predicted octanol–water partition coefficient (Wildman–Crippen LogP) is 1.57. The number of hydrogen-bond acceptors (Lipinski definition) is 4. The molecule has 1 aromatic carbocycles. The Bertz CT molecular complexity index is 598. The lowest BCUT2D eigenvalue weighted by Gasteiger charge is -2.21. The third-order valence-electron chi connectivity index (χ3n) is 4.03. The minimum absolute atomic E-state index is 0.00214. The van der Waals surface area contributed by atoms with Gasteiger partial charge in [0, 0.05) is 13.1 Å². The Hall–Kier alpha value is -1.44. The first kappa shape index (κ1) is 18.9. The molecule has 134 valence electrons. The minimum Gasteiger partial charge on any atom is -0.368 e. The highest BCUT2D eigenvalue weighted by atomic mass is 32.2. The van der Waals surface area contributed by atoms with Crippen molar-refractivity contribution in [3.05, 3.63) is 35.9 Å². The summed E-state index contributed by atoms with van der Waals surface area (Å²) in [6.07, 6.45) is 5.71. The van der Waals surface area contributed by atoms with Crippen LogP contribution < -0.4 is 10.0 Å². The van der Waals surface area contributed by atoms with Crippen molar-refractivity contribution in [2.24, 2.45) is 0 Å². The molecule has 0 aromatic heterocycles. The second-order valence-corrected chi connectivity index (χ2v) is 7.97. The third kappa shape index (κ3) is 7.42. The Labute approximate surface area is 144 Å². The first-order chi connectivity index (χ1) is 11.6. The number of nitrogens with one attached hydrogen (secondary N) is 2. The van der Waals surface area contributed by atoms with Crippen molar-refractivity contribution in [2.45, 2.75) is 44.8 Å². The summed E-state index contributed by atoms with van der Waals surface area (Å²) in [5, 5.41) is 2.59. The molecular formula is C17H26N2O4S. The molecule has 0 spiro atoms. The van der Waals surface area contributed by atoms with Crippen molar-refractivity contribution in [3.63, 3.8) is 0 Å². The van der Waals surface area contributed by atoms with Crippen molar-refractivity contribution >= 4 is 15.9 Å². The monoisotopic (exact) mass is 354 g/mol. The van der Waals surface area contributed by atoms with Crippen LogP contribution in [0.25, 0.3) is 0 Å². The van der Waals surface area contributed by atoms with Crippen LogP contribution in [0.2, 0.25) is 0 Å². The van der Waals surface area contributed by atoms with Crippen molar-refractivity contribution < 1.29 is 17.9 Å². The Morgan fingerprint density at radius 3 is 2.54 bits per heavy atom. The number of rotatable bonds is 9. The summed E-state index contributed by atoms with van der Waals surface area (Å²) < 4.78 is 31.9. The van der Waals surface area contributed by atoms with Gasteiger partial charge in [-0.05, 0) is 18.4 Å². The molecule has 2 N–H and O–H groups in total. The van der Waals surface area contributed by atoms with Gasteiger partial charge in [-0.1, -0.05) is 49.6 Å². The number of benzene rings is 1. The van der Waals surface area contributed by atoms with E-state index in [1.54, 1.807) is 0 Å². The number of amides is 1. The lowest BCUT2D eigenvalue weighted by molar-refractivity contribution is -0.128. The maximum absolute atomic E-state index is 11.9. The zero-order chi connectivity index (χ0) is 17.3. The summed E-state index contributed by atoms with van der Waals surface area (Å²) in [5.74, 6) is -0.409. The van der Waals surface area contributed by atoms with Gasteiger partial charge >= 0.3 is 0 Å². The molecule has 0 unspecified atom stereocenters. The highest BCUT2D eigenvalue weighted by molar-refractivity contribution is 7.89. The van der Waals surface area contributed by atoms with Gasteiger partial charge in [0.15, 0.2) is 0 Å². The molecule has 0 heterocycles. The molecule has 0 atom stereocenters. The summed E-state index contributed by atoms with van der Waals surface area (Å²) in [6, 6.07) is 9.30. The van der Waals surface area contributed by atoms with Crippen LogP contribution >= 0.6 is 0 Å². The predicted molar refractivity (Wildman–Crippen MR) is 92.9 cm³/mol.